The van der Waals surface area contributed by atoms with E-state index in [1.54, 1.807) is 0 Å². The fraction of sp³-hybridized carbons (Fsp3) is 0.818. The highest BCUT2D eigenvalue weighted by molar-refractivity contribution is 8.14. The lowest BCUT2D eigenvalue weighted by Crippen LogP contribution is -2.50. The highest BCUT2D eigenvalue weighted by Crippen LogP contribution is 2.18. The lowest BCUT2D eigenvalue weighted by molar-refractivity contribution is -0.134. The summed E-state index contributed by atoms with van der Waals surface area (Å²) in [6, 6.07) is -0.0235. The molecule has 2 atom stereocenters. The van der Waals surface area contributed by atoms with Crippen molar-refractivity contribution in [1.82, 2.24) is 15.5 Å². The van der Waals surface area contributed by atoms with Gasteiger partial charge in [-0.2, -0.15) is 0 Å². The van der Waals surface area contributed by atoms with E-state index in [0.717, 1.165) is 32.5 Å². The molecule has 5 nitrogen and oxygen atoms in total. The molecule has 0 aromatic carbocycles. The molecule has 0 radical (unpaired) electrons. The lowest BCUT2D eigenvalue weighted by atomic mass is 10.1. The molecular weight excluding hydrogens is 274 g/mol. The van der Waals surface area contributed by atoms with Crippen molar-refractivity contribution >= 4 is 35.3 Å². The number of nitrogens with zero attached hydrogens (tertiary/aromatic N) is 1. The Morgan fingerprint density at radius 2 is 2.33 bits per heavy atom. The van der Waals surface area contributed by atoms with E-state index in [9.17, 15) is 9.59 Å². The van der Waals surface area contributed by atoms with Crippen LogP contribution in [0.3, 0.4) is 0 Å². The molecule has 1 unspecified atom stereocenters. The van der Waals surface area contributed by atoms with Gasteiger partial charge in [0.15, 0.2) is 0 Å². The van der Waals surface area contributed by atoms with Gasteiger partial charge >= 0.3 is 0 Å². The smallest absolute Gasteiger partial charge is 0.279 e. The van der Waals surface area contributed by atoms with Gasteiger partial charge in [0.05, 0.1) is 0 Å². The summed E-state index contributed by atoms with van der Waals surface area (Å²) < 4.78 is 0. The number of hydrogen-bond acceptors (Lipinski definition) is 4. The van der Waals surface area contributed by atoms with Crippen molar-refractivity contribution in [2.24, 2.45) is 0 Å². The zero-order valence-electron chi connectivity index (χ0n) is 10.5. The van der Waals surface area contributed by atoms with Crippen LogP contribution in [-0.2, 0) is 4.79 Å². The maximum absolute atomic E-state index is 12.3. The highest BCUT2D eigenvalue weighted by Gasteiger charge is 2.34. The van der Waals surface area contributed by atoms with Crippen LogP contribution < -0.4 is 10.6 Å². The molecule has 2 N–H and O–H groups in total. The van der Waals surface area contributed by atoms with Gasteiger partial charge in [0.1, 0.15) is 6.04 Å². The van der Waals surface area contributed by atoms with Crippen LogP contribution in [0.1, 0.15) is 19.8 Å². The first kappa shape index (κ1) is 15.6. The molecule has 0 aromatic rings. The minimum Gasteiger partial charge on any atom is -0.337 e. The summed E-state index contributed by atoms with van der Waals surface area (Å²) in [6.07, 6.45) is 1.97. The Bertz CT molecular complexity index is 311. The van der Waals surface area contributed by atoms with Crippen molar-refractivity contribution in [3.63, 3.8) is 0 Å². The third-order valence-corrected chi connectivity index (χ3v) is 4.07. The molecule has 2 amide bonds. The molecule has 18 heavy (non-hydrogen) atoms. The fourth-order valence-corrected chi connectivity index (χ4v) is 3.11. The van der Waals surface area contributed by atoms with Crippen molar-refractivity contribution in [2.75, 3.05) is 25.4 Å². The number of amides is 2. The van der Waals surface area contributed by atoms with Crippen LogP contribution in [-0.4, -0.2) is 53.5 Å². The maximum atomic E-state index is 12.3. The molecule has 104 valence electrons. The molecule has 0 aliphatic carbocycles. The van der Waals surface area contributed by atoms with Crippen molar-refractivity contribution < 1.29 is 9.59 Å². The molecular formula is C11H20ClN3O2S. The van der Waals surface area contributed by atoms with Gasteiger partial charge in [-0.3, -0.25) is 9.59 Å². The first-order valence-electron chi connectivity index (χ1n) is 6.17. The standard InChI is InChI=1S/C11H19N3O2S.ClH/c1-2-5-14(8-3-4-12-6-8)10(15)9-7-17-11(16)13-9;/h8-9,12H,2-7H2,1H3,(H,13,16);1H/t8?,9-;/m0./s1. The average molecular weight is 294 g/mol. The minimum absolute atomic E-state index is 0. The predicted molar refractivity (Wildman–Crippen MR) is 75.3 cm³/mol. The number of nitrogens with one attached hydrogen (secondary N) is 2. The number of carbonyl (C=O) groups excluding carboxylic acids is 2. The van der Waals surface area contributed by atoms with Gasteiger partial charge in [-0.25, -0.2) is 0 Å². The zero-order valence-corrected chi connectivity index (χ0v) is 12.1. The molecule has 0 aromatic heterocycles. The second-order valence-electron chi connectivity index (χ2n) is 4.47. The second kappa shape index (κ2) is 7.21. The molecule has 7 heteroatoms. The van der Waals surface area contributed by atoms with Crippen LogP contribution >= 0.6 is 24.2 Å². The third kappa shape index (κ3) is 3.52. The number of rotatable bonds is 4. The first-order chi connectivity index (χ1) is 8.22. The number of hydrogen-bond donors (Lipinski definition) is 2. The number of thioether (sulfide) groups is 1. The molecule has 2 fully saturated rings. The summed E-state index contributed by atoms with van der Waals surface area (Å²) in [6.45, 7) is 4.70. The number of carbonyl (C=O) groups is 2. The Morgan fingerprint density at radius 1 is 1.56 bits per heavy atom. The van der Waals surface area contributed by atoms with Crippen LogP contribution in [0.15, 0.2) is 0 Å². The first-order valence-corrected chi connectivity index (χ1v) is 7.15. The Kier molecular flexibility index (Phi) is 6.25. The molecule has 2 aliphatic heterocycles. The van der Waals surface area contributed by atoms with Crippen LogP contribution in [0.4, 0.5) is 4.79 Å². The maximum Gasteiger partial charge on any atom is 0.279 e. The zero-order chi connectivity index (χ0) is 12.3. The fourth-order valence-electron chi connectivity index (χ4n) is 2.34. The number of halogens is 1. The summed E-state index contributed by atoms with van der Waals surface area (Å²) >= 11 is 1.20. The van der Waals surface area contributed by atoms with Gasteiger partial charge < -0.3 is 15.5 Å². The van der Waals surface area contributed by atoms with E-state index < -0.39 is 0 Å². The predicted octanol–water partition coefficient (Wildman–Crippen LogP) is 0.834. The molecule has 2 rings (SSSR count). The van der Waals surface area contributed by atoms with Crippen LogP contribution in [0, 0.1) is 0 Å². The molecule has 0 saturated carbocycles. The van der Waals surface area contributed by atoms with E-state index in [1.165, 1.54) is 11.8 Å². The minimum atomic E-state index is -0.320. The monoisotopic (exact) mass is 293 g/mol. The van der Waals surface area contributed by atoms with E-state index in [0.29, 0.717) is 11.8 Å². The van der Waals surface area contributed by atoms with Gasteiger partial charge in [0.2, 0.25) is 5.91 Å². The van der Waals surface area contributed by atoms with Gasteiger partial charge in [-0.1, -0.05) is 18.7 Å². The molecule has 0 bridgehead atoms. The van der Waals surface area contributed by atoms with Crippen LogP contribution in [0.5, 0.6) is 0 Å². The van der Waals surface area contributed by atoms with E-state index >= 15 is 0 Å². The van der Waals surface area contributed by atoms with Gasteiger partial charge in [0, 0.05) is 24.9 Å². The second-order valence-corrected chi connectivity index (χ2v) is 5.47. The SMILES string of the molecule is CCCN(C(=O)[C@@H]1CSC(=O)N1)C1CCNC1.Cl. The summed E-state index contributed by atoms with van der Waals surface area (Å²) in [5, 5.41) is 5.93. The molecule has 2 saturated heterocycles. The van der Waals surface area contributed by atoms with Gasteiger partial charge in [-0.05, 0) is 19.4 Å². The highest BCUT2D eigenvalue weighted by atomic mass is 35.5. The summed E-state index contributed by atoms with van der Waals surface area (Å²) in [5.74, 6) is 0.650. The van der Waals surface area contributed by atoms with E-state index in [2.05, 4.69) is 17.6 Å². The Labute approximate surface area is 118 Å². The van der Waals surface area contributed by atoms with Crippen molar-refractivity contribution in [2.45, 2.75) is 31.8 Å². The molecule has 0 spiro atoms. The van der Waals surface area contributed by atoms with Crippen LogP contribution in [0.2, 0.25) is 0 Å². The quantitative estimate of drug-likeness (QED) is 0.806. The van der Waals surface area contributed by atoms with E-state index in [4.69, 9.17) is 0 Å². The summed E-state index contributed by atoms with van der Waals surface area (Å²) in [5.41, 5.74) is 0. The largest absolute Gasteiger partial charge is 0.337 e. The van der Waals surface area contributed by atoms with E-state index in [1.807, 2.05) is 4.90 Å². The topological polar surface area (TPSA) is 61.4 Å². The van der Waals surface area contributed by atoms with Gasteiger partial charge in [0.25, 0.3) is 5.24 Å². The van der Waals surface area contributed by atoms with Crippen molar-refractivity contribution in [1.29, 1.82) is 0 Å². The van der Waals surface area contributed by atoms with E-state index in [-0.39, 0.29) is 29.6 Å². The normalized spacial score (nSPS) is 26.6. The average Bonchev–Trinajstić information content (AvgIpc) is 2.95. The van der Waals surface area contributed by atoms with Crippen molar-refractivity contribution in [3.05, 3.63) is 0 Å². The molecule has 2 heterocycles. The Hall–Kier alpha value is -0.460. The third-order valence-electron chi connectivity index (χ3n) is 3.19. The van der Waals surface area contributed by atoms with Gasteiger partial charge in [-0.15, -0.1) is 12.4 Å². The Balaban J connectivity index is 0.00000162. The van der Waals surface area contributed by atoms with Crippen molar-refractivity contribution in [3.8, 4) is 0 Å². The molecule has 2 aliphatic rings. The Morgan fingerprint density at radius 3 is 2.83 bits per heavy atom. The van der Waals surface area contributed by atoms with Crippen LogP contribution in [0.25, 0.3) is 0 Å². The summed E-state index contributed by atoms with van der Waals surface area (Å²) in [7, 11) is 0. The summed E-state index contributed by atoms with van der Waals surface area (Å²) in [4.78, 5) is 25.4. The lowest BCUT2D eigenvalue weighted by Gasteiger charge is -2.30.